The van der Waals surface area contributed by atoms with E-state index in [1.807, 2.05) is 24.3 Å². The highest BCUT2D eigenvalue weighted by atomic mass is 32.2. The molecule has 0 saturated carbocycles. The molecule has 0 heterocycles. The van der Waals surface area contributed by atoms with Gasteiger partial charge in [0.05, 0.1) is 20.0 Å². The zero-order valence-electron chi connectivity index (χ0n) is 12.5. The molecule has 0 bridgehead atoms. The summed E-state index contributed by atoms with van der Waals surface area (Å²) in [6.45, 7) is 0. The van der Waals surface area contributed by atoms with Crippen LogP contribution in [0.5, 0.6) is 11.5 Å². The summed E-state index contributed by atoms with van der Waals surface area (Å²) in [5.74, 6) is 1.36. The first-order valence-electron chi connectivity index (χ1n) is 6.63. The van der Waals surface area contributed by atoms with Crippen LogP contribution in [0, 0.1) is 0 Å². The number of anilines is 2. The van der Waals surface area contributed by atoms with Gasteiger partial charge in [-0.25, -0.2) is 0 Å². The molecule has 22 heavy (non-hydrogen) atoms. The zero-order valence-corrected chi connectivity index (χ0v) is 13.3. The molecule has 0 aliphatic heterocycles. The molecule has 2 aromatic carbocycles. The molecule has 5 nitrogen and oxygen atoms in total. The van der Waals surface area contributed by atoms with Crippen molar-refractivity contribution in [1.29, 1.82) is 0 Å². The van der Waals surface area contributed by atoms with Crippen LogP contribution in [0.15, 0.2) is 47.4 Å². The van der Waals surface area contributed by atoms with Crippen molar-refractivity contribution in [1.82, 2.24) is 0 Å². The number of methoxy groups -OCH3 is 2. The third-order valence-electron chi connectivity index (χ3n) is 2.95. The van der Waals surface area contributed by atoms with Crippen LogP contribution in [0.4, 0.5) is 11.4 Å². The van der Waals surface area contributed by atoms with E-state index in [-0.39, 0.29) is 11.7 Å². The second-order valence-electron chi connectivity index (χ2n) is 4.44. The number of hydrogen-bond acceptors (Lipinski definition) is 5. The molecule has 0 aliphatic carbocycles. The highest BCUT2D eigenvalue weighted by Gasteiger charge is 2.08. The summed E-state index contributed by atoms with van der Waals surface area (Å²) in [6.07, 6.45) is 0. The maximum Gasteiger partial charge on any atom is 0.234 e. The van der Waals surface area contributed by atoms with E-state index in [1.165, 1.54) is 11.8 Å². The van der Waals surface area contributed by atoms with Gasteiger partial charge in [-0.15, -0.1) is 11.8 Å². The van der Waals surface area contributed by atoms with Gasteiger partial charge in [-0.1, -0.05) is 12.1 Å². The summed E-state index contributed by atoms with van der Waals surface area (Å²) < 4.78 is 10.4. The van der Waals surface area contributed by atoms with Crippen molar-refractivity contribution in [3.63, 3.8) is 0 Å². The van der Waals surface area contributed by atoms with Gasteiger partial charge in [-0.05, 0) is 24.3 Å². The average Bonchev–Trinajstić information content (AvgIpc) is 2.54. The quantitative estimate of drug-likeness (QED) is 0.632. The van der Waals surface area contributed by atoms with Crippen molar-refractivity contribution < 1.29 is 14.3 Å². The molecule has 0 radical (unpaired) electrons. The highest BCUT2D eigenvalue weighted by molar-refractivity contribution is 8.00. The summed E-state index contributed by atoms with van der Waals surface area (Å²) in [5.41, 5.74) is 7.18. The van der Waals surface area contributed by atoms with Gasteiger partial charge in [0.25, 0.3) is 0 Å². The topological polar surface area (TPSA) is 73.6 Å². The van der Waals surface area contributed by atoms with E-state index < -0.39 is 0 Å². The predicted octanol–water partition coefficient (Wildman–Crippen LogP) is 3.02. The lowest BCUT2D eigenvalue weighted by Crippen LogP contribution is -2.14. The lowest BCUT2D eigenvalue weighted by molar-refractivity contribution is -0.113. The molecule has 0 fully saturated rings. The average molecular weight is 318 g/mol. The van der Waals surface area contributed by atoms with Gasteiger partial charge in [0.1, 0.15) is 0 Å². The Hall–Kier alpha value is -2.34. The molecule has 0 atom stereocenters. The van der Waals surface area contributed by atoms with E-state index >= 15 is 0 Å². The summed E-state index contributed by atoms with van der Waals surface area (Å²) in [6, 6.07) is 12.7. The standard InChI is InChI=1S/C16H18N2O3S/c1-20-13-8-7-11(9-14(13)21-2)18-16(19)10-22-15-6-4-3-5-12(15)17/h3-9H,10,17H2,1-2H3,(H,18,19). The molecule has 0 aromatic heterocycles. The monoisotopic (exact) mass is 318 g/mol. The fourth-order valence-corrected chi connectivity index (χ4v) is 2.63. The Morgan fingerprint density at radius 3 is 2.55 bits per heavy atom. The van der Waals surface area contributed by atoms with Crippen molar-refractivity contribution in [3.05, 3.63) is 42.5 Å². The molecule has 6 heteroatoms. The fraction of sp³-hybridized carbons (Fsp3) is 0.188. The smallest absolute Gasteiger partial charge is 0.234 e. The number of nitrogen functional groups attached to an aromatic ring is 1. The van der Waals surface area contributed by atoms with Crippen LogP contribution in [-0.2, 0) is 4.79 Å². The Morgan fingerprint density at radius 2 is 1.86 bits per heavy atom. The Labute approximate surface area is 133 Å². The summed E-state index contributed by atoms with van der Waals surface area (Å²) in [7, 11) is 3.12. The molecule has 1 amide bonds. The molecule has 116 valence electrons. The van der Waals surface area contributed by atoms with Crippen molar-refractivity contribution in [2.24, 2.45) is 0 Å². The molecular weight excluding hydrogens is 300 g/mol. The van der Waals surface area contributed by atoms with E-state index in [9.17, 15) is 4.79 Å². The Bertz CT molecular complexity index is 662. The van der Waals surface area contributed by atoms with Crippen molar-refractivity contribution in [2.75, 3.05) is 31.0 Å². The minimum Gasteiger partial charge on any atom is -0.493 e. The van der Waals surface area contributed by atoms with Crippen LogP contribution in [0.1, 0.15) is 0 Å². The maximum atomic E-state index is 12.0. The van der Waals surface area contributed by atoms with E-state index in [0.29, 0.717) is 22.9 Å². The number of nitrogens with two attached hydrogens (primary N) is 1. The van der Waals surface area contributed by atoms with Crippen LogP contribution in [0.25, 0.3) is 0 Å². The van der Waals surface area contributed by atoms with Gasteiger partial charge < -0.3 is 20.5 Å². The lowest BCUT2D eigenvalue weighted by Gasteiger charge is -2.10. The Balaban J connectivity index is 1.96. The summed E-state index contributed by atoms with van der Waals surface area (Å²) >= 11 is 1.40. The SMILES string of the molecule is COc1ccc(NC(=O)CSc2ccccc2N)cc1OC. The van der Waals surface area contributed by atoms with Crippen LogP contribution in [0.3, 0.4) is 0 Å². The second kappa shape index (κ2) is 7.61. The van der Waals surface area contributed by atoms with Crippen LogP contribution < -0.4 is 20.5 Å². The molecule has 2 rings (SSSR count). The van der Waals surface area contributed by atoms with E-state index in [2.05, 4.69) is 5.32 Å². The van der Waals surface area contributed by atoms with Gasteiger partial charge in [0.2, 0.25) is 5.91 Å². The maximum absolute atomic E-state index is 12.0. The van der Waals surface area contributed by atoms with Crippen LogP contribution in [-0.4, -0.2) is 25.9 Å². The molecular formula is C16H18N2O3S. The largest absolute Gasteiger partial charge is 0.493 e. The van der Waals surface area contributed by atoms with Gasteiger partial charge in [0.15, 0.2) is 11.5 Å². The number of thioether (sulfide) groups is 1. The number of nitrogens with one attached hydrogen (secondary N) is 1. The Kier molecular flexibility index (Phi) is 5.55. The van der Waals surface area contributed by atoms with Gasteiger partial charge >= 0.3 is 0 Å². The van der Waals surface area contributed by atoms with E-state index in [0.717, 1.165) is 4.90 Å². The number of hydrogen-bond donors (Lipinski definition) is 2. The second-order valence-corrected chi connectivity index (χ2v) is 5.46. The molecule has 0 saturated heterocycles. The van der Waals surface area contributed by atoms with Crippen molar-refractivity contribution >= 4 is 29.0 Å². The first-order chi connectivity index (χ1) is 10.6. The molecule has 3 N–H and O–H groups in total. The Morgan fingerprint density at radius 1 is 1.14 bits per heavy atom. The number of rotatable bonds is 6. The van der Waals surface area contributed by atoms with E-state index in [4.69, 9.17) is 15.2 Å². The van der Waals surface area contributed by atoms with Gasteiger partial charge in [0, 0.05) is 22.3 Å². The molecule has 0 unspecified atom stereocenters. The third-order valence-corrected chi connectivity index (χ3v) is 4.03. The number of para-hydroxylation sites is 1. The zero-order chi connectivity index (χ0) is 15.9. The fourth-order valence-electron chi connectivity index (χ4n) is 1.87. The summed E-state index contributed by atoms with van der Waals surface area (Å²) in [5, 5.41) is 2.82. The number of carbonyl (C=O) groups is 1. The predicted molar refractivity (Wildman–Crippen MR) is 89.8 cm³/mol. The first-order valence-corrected chi connectivity index (χ1v) is 7.61. The van der Waals surface area contributed by atoms with Gasteiger partial charge in [-0.2, -0.15) is 0 Å². The third kappa shape index (κ3) is 4.08. The summed E-state index contributed by atoms with van der Waals surface area (Å²) in [4.78, 5) is 12.9. The van der Waals surface area contributed by atoms with Gasteiger partial charge in [-0.3, -0.25) is 4.79 Å². The van der Waals surface area contributed by atoms with Crippen molar-refractivity contribution in [3.8, 4) is 11.5 Å². The minimum absolute atomic E-state index is 0.111. The normalized spacial score (nSPS) is 10.1. The van der Waals surface area contributed by atoms with Crippen LogP contribution >= 0.6 is 11.8 Å². The highest BCUT2D eigenvalue weighted by Crippen LogP contribution is 2.30. The first kappa shape index (κ1) is 16.0. The van der Waals surface area contributed by atoms with Crippen molar-refractivity contribution in [2.45, 2.75) is 4.90 Å². The molecule has 0 aliphatic rings. The molecule has 2 aromatic rings. The number of benzene rings is 2. The number of amides is 1. The van der Waals surface area contributed by atoms with E-state index in [1.54, 1.807) is 32.4 Å². The van der Waals surface area contributed by atoms with Crippen LogP contribution in [0.2, 0.25) is 0 Å². The number of ether oxygens (including phenoxy) is 2. The number of carbonyl (C=O) groups excluding carboxylic acids is 1. The molecule has 0 spiro atoms. The minimum atomic E-state index is -0.111. The lowest BCUT2D eigenvalue weighted by atomic mass is 10.2.